The van der Waals surface area contributed by atoms with E-state index in [1.54, 1.807) is 67.0 Å². The number of anilines is 1. The number of hydrogen-bond acceptors (Lipinski definition) is 5. The van der Waals surface area contributed by atoms with Gasteiger partial charge in [-0.2, -0.15) is 0 Å². The quantitative estimate of drug-likeness (QED) is 0.337. The van der Waals surface area contributed by atoms with E-state index in [-0.39, 0.29) is 11.7 Å². The lowest BCUT2D eigenvalue weighted by Gasteiger charge is -2.14. The van der Waals surface area contributed by atoms with Crippen molar-refractivity contribution in [3.05, 3.63) is 120 Å². The molecule has 1 amide bonds. The molecule has 0 aliphatic carbocycles. The summed E-state index contributed by atoms with van der Waals surface area (Å²) in [6.07, 6.45) is 3.44. The fourth-order valence-electron chi connectivity index (χ4n) is 3.38. The van der Waals surface area contributed by atoms with Crippen molar-refractivity contribution in [2.45, 2.75) is 13.5 Å². The topological polar surface area (TPSA) is 77.5 Å². The summed E-state index contributed by atoms with van der Waals surface area (Å²) in [5, 5.41) is 2.86. The molecule has 0 fully saturated rings. The Kier molecular flexibility index (Phi) is 7.30. The molecule has 1 heterocycles. The number of rotatable bonds is 9. The first-order valence-electron chi connectivity index (χ1n) is 10.9. The van der Waals surface area contributed by atoms with E-state index in [9.17, 15) is 9.59 Å². The maximum atomic E-state index is 12.9. The standard InChI is InChI=1S/C28H24N2O4/c1-2-33-26-17-23(13-14-25(26)34-19-20-8-7-15-29-18-20)28(32)30-24-12-6-11-22(16-24)27(31)21-9-4-3-5-10-21/h3-18H,2,19H2,1H3,(H,30,32). The summed E-state index contributed by atoms with van der Waals surface area (Å²) in [6, 6.07) is 24.7. The molecule has 34 heavy (non-hydrogen) atoms. The number of benzene rings is 3. The number of nitrogens with zero attached hydrogens (tertiary/aromatic N) is 1. The largest absolute Gasteiger partial charge is 0.490 e. The number of hydrogen-bond donors (Lipinski definition) is 1. The summed E-state index contributed by atoms with van der Waals surface area (Å²) in [5.74, 6) is 0.597. The second-order valence-electron chi connectivity index (χ2n) is 7.47. The maximum absolute atomic E-state index is 12.9. The number of carbonyl (C=O) groups excluding carboxylic acids is 2. The lowest BCUT2D eigenvalue weighted by Crippen LogP contribution is -2.13. The molecule has 0 unspecified atom stereocenters. The lowest BCUT2D eigenvalue weighted by atomic mass is 10.0. The van der Waals surface area contributed by atoms with E-state index in [0.29, 0.717) is 47.1 Å². The smallest absolute Gasteiger partial charge is 0.255 e. The van der Waals surface area contributed by atoms with Gasteiger partial charge in [0, 0.05) is 40.3 Å². The normalized spacial score (nSPS) is 10.4. The third-order valence-corrected chi connectivity index (χ3v) is 5.04. The summed E-state index contributed by atoms with van der Waals surface area (Å²) in [6.45, 7) is 2.63. The zero-order valence-corrected chi connectivity index (χ0v) is 18.7. The molecule has 6 nitrogen and oxygen atoms in total. The van der Waals surface area contributed by atoms with Gasteiger partial charge >= 0.3 is 0 Å². The first kappa shape index (κ1) is 22.7. The summed E-state index contributed by atoms with van der Waals surface area (Å²) in [4.78, 5) is 29.7. The van der Waals surface area contributed by atoms with Gasteiger partial charge in [-0.3, -0.25) is 14.6 Å². The van der Waals surface area contributed by atoms with Gasteiger partial charge in [-0.25, -0.2) is 0 Å². The van der Waals surface area contributed by atoms with Crippen molar-refractivity contribution in [3.63, 3.8) is 0 Å². The molecule has 4 aromatic rings. The lowest BCUT2D eigenvalue weighted by molar-refractivity contribution is 0.102. The number of ketones is 1. The molecule has 1 aromatic heterocycles. The number of amides is 1. The zero-order chi connectivity index (χ0) is 23.8. The zero-order valence-electron chi connectivity index (χ0n) is 18.7. The van der Waals surface area contributed by atoms with E-state index in [1.165, 1.54) is 0 Å². The highest BCUT2D eigenvalue weighted by Gasteiger charge is 2.14. The molecule has 0 aliphatic rings. The Balaban J connectivity index is 1.48. The van der Waals surface area contributed by atoms with Gasteiger partial charge in [0.15, 0.2) is 17.3 Å². The molecule has 0 bridgehead atoms. The van der Waals surface area contributed by atoms with Gasteiger partial charge in [-0.05, 0) is 43.3 Å². The number of carbonyl (C=O) groups is 2. The molecular weight excluding hydrogens is 428 g/mol. The minimum atomic E-state index is -0.316. The molecule has 0 saturated carbocycles. The van der Waals surface area contributed by atoms with Gasteiger partial charge in [-0.1, -0.05) is 48.5 Å². The molecule has 0 saturated heterocycles. The molecule has 3 aromatic carbocycles. The highest BCUT2D eigenvalue weighted by molar-refractivity contribution is 6.10. The van der Waals surface area contributed by atoms with Crippen LogP contribution in [0.25, 0.3) is 0 Å². The second-order valence-corrected chi connectivity index (χ2v) is 7.47. The van der Waals surface area contributed by atoms with E-state index in [4.69, 9.17) is 9.47 Å². The van der Waals surface area contributed by atoms with Crippen LogP contribution in [0.15, 0.2) is 97.3 Å². The molecule has 0 atom stereocenters. The molecule has 0 radical (unpaired) electrons. The molecular formula is C28H24N2O4. The van der Waals surface area contributed by atoms with Crippen LogP contribution in [0.5, 0.6) is 11.5 Å². The number of pyridine rings is 1. The Labute approximate surface area is 198 Å². The average Bonchev–Trinajstić information content (AvgIpc) is 2.89. The summed E-state index contributed by atoms with van der Waals surface area (Å²) in [5.41, 5.74) is 2.96. The highest BCUT2D eigenvalue weighted by Crippen LogP contribution is 2.30. The number of nitrogens with one attached hydrogen (secondary N) is 1. The van der Waals surface area contributed by atoms with Crippen LogP contribution in [0.3, 0.4) is 0 Å². The van der Waals surface area contributed by atoms with Crippen LogP contribution in [0.1, 0.15) is 38.8 Å². The van der Waals surface area contributed by atoms with Crippen LogP contribution in [0.2, 0.25) is 0 Å². The first-order chi connectivity index (χ1) is 16.6. The molecule has 6 heteroatoms. The Bertz CT molecular complexity index is 1270. The Morgan fingerprint density at radius 1 is 0.794 bits per heavy atom. The van der Waals surface area contributed by atoms with Gasteiger partial charge < -0.3 is 14.8 Å². The van der Waals surface area contributed by atoms with Crippen molar-refractivity contribution in [2.75, 3.05) is 11.9 Å². The van der Waals surface area contributed by atoms with Gasteiger partial charge in [0.05, 0.1) is 6.61 Å². The summed E-state index contributed by atoms with van der Waals surface area (Å²) < 4.78 is 11.6. The third-order valence-electron chi connectivity index (χ3n) is 5.04. The summed E-state index contributed by atoms with van der Waals surface area (Å²) >= 11 is 0. The van der Waals surface area contributed by atoms with Crippen molar-refractivity contribution in [1.29, 1.82) is 0 Å². The average molecular weight is 453 g/mol. The van der Waals surface area contributed by atoms with Gasteiger partial charge in [0.25, 0.3) is 5.91 Å². The highest BCUT2D eigenvalue weighted by atomic mass is 16.5. The van der Waals surface area contributed by atoms with E-state index < -0.39 is 0 Å². The van der Waals surface area contributed by atoms with E-state index >= 15 is 0 Å². The fourth-order valence-corrected chi connectivity index (χ4v) is 3.38. The van der Waals surface area contributed by atoms with E-state index in [2.05, 4.69) is 10.3 Å². The maximum Gasteiger partial charge on any atom is 0.255 e. The first-order valence-corrected chi connectivity index (χ1v) is 10.9. The van der Waals surface area contributed by atoms with E-state index in [1.807, 2.05) is 37.3 Å². The van der Waals surface area contributed by atoms with Crippen molar-refractivity contribution < 1.29 is 19.1 Å². The van der Waals surface area contributed by atoms with E-state index in [0.717, 1.165) is 5.56 Å². The van der Waals surface area contributed by atoms with Gasteiger partial charge in [0.2, 0.25) is 0 Å². The molecule has 0 spiro atoms. The van der Waals surface area contributed by atoms with Crippen molar-refractivity contribution >= 4 is 17.4 Å². The van der Waals surface area contributed by atoms with Crippen LogP contribution >= 0.6 is 0 Å². The molecule has 0 aliphatic heterocycles. The SMILES string of the molecule is CCOc1cc(C(=O)Nc2cccc(C(=O)c3ccccc3)c2)ccc1OCc1cccnc1. The monoisotopic (exact) mass is 452 g/mol. The summed E-state index contributed by atoms with van der Waals surface area (Å²) in [7, 11) is 0. The molecule has 1 N–H and O–H groups in total. The Hall–Kier alpha value is -4.45. The second kappa shape index (κ2) is 10.9. The van der Waals surface area contributed by atoms with Crippen LogP contribution < -0.4 is 14.8 Å². The van der Waals surface area contributed by atoms with Crippen LogP contribution in [-0.4, -0.2) is 23.3 Å². The van der Waals surface area contributed by atoms with Crippen molar-refractivity contribution in [3.8, 4) is 11.5 Å². The minimum absolute atomic E-state index is 0.106. The van der Waals surface area contributed by atoms with Crippen LogP contribution in [0.4, 0.5) is 5.69 Å². The Morgan fingerprint density at radius 2 is 1.62 bits per heavy atom. The van der Waals surface area contributed by atoms with Gasteiger partial charge in [-0.15, -0.1) is 0 Å². The number of aromatic nitrogens is 1. The van der Waals surface area contributed by atoms with Crippen molar-refractivity contribution in [1.82, 2.24) is 4.98 Å². The van der Waals surface area contributed by atoms with Crippen molar-refractivity contribution in [2.24, 2.45) is 0 Å². The molecule has 4 rings (SSSR count). The fraction of sp³-hybridized carbons (Fsp3) is 0.107. The predicted octanol–water partition coefficient (Wildman–Crippen LogP) is 5.54. The number of ether oxygens (including phenoxy) is 2. The Morgan fingerprint density at radius 3 is 2.38 bits per heavy atom. The van der Waals surface area contributed by atoms with Crippen LogP contribution in [0, 0.1) is 0 Å². The molecule has 170 valence electrons. The third kappa shape index (κ3) is 5.66. The predicted molar refractivity (Wildman–Crippen MR) is 130 cm³/mol. The van der Waals surface area contributed by atoms with Crippen LogP contribution in [-0.2, 0) is 6.61 Å². The van der Waals surface area contributed by atoms with Gasteiger partial charge in [0.1, 0.15) is 6.61 Å². The minimum Gasteiger partial charge on any atom is -0.490 e.